The zero-order chi connectivity index (χ0) is 5.82. The van der Waals surface area contributed by atoms with Crippen LogP contribution < -0.4 is 5.32 Å². The van der Waals surface area contributed by atoms with Crippen molar-refractivity contribution < 1.29 is 5.11 Å². The van der Waals surface area contributed by atoms with E-state index < -0.39 is 0 Å². The van der Waals surface area contributed by atoms with E-state index in [2.05, 4.69) is 5.32 Å². The largest absolute Gasteiger partial charge is 0.396 e. The predicted molar refractivity (Wildman–Crippen MR) is 40.0 cm³/mol. The summed E-state index contributed by atoms with van der Waals surface area (Å²) in [5.74, 6) is 0. The van der Waals surface area contributed by atoms with E-state index in [0.29, 0.717) is 12.6 Å². The van der Waals surface area contributed by atoms with E-state index in [0.717, 1.165) is 13.0 Å². The van der Waals surface area contributed by atoms with Crippen LogP contribution in [0.3, 0.4) is 0 Å². The highest BCUT2D eigenvalue weighted by Crippen LogP contribution is 2.06. The summed E-state index contributed by atoms with van der Waals surface area (Å²) in [6, 6.07) is 0.611. The molecule has 1 rings (SSSR count). The third-order valence-corrected chi connectivity index (χ3v) is 1.64. The maximum absolute atomic E-state index is 8.49. The van der Waals surface area contributed by atoms with Crippen molar-refractivity contribution in [2.45, 2.75) is 25.3 Å². The molecule has 1 fully saturated rings. The van der Waals surface area contributed by atoms with E-state index in [1.807, 2.05) is 0 Å². The van der Waals surface area contributed by atoms with E-state index >= 15 is 0 Å². The molecule has 0 spiro atoms. The quantitative estimate of drug-likeness (QED) is 0.604. The van der Waals surface area contributed by atoms with Gasteiger partial charge in [0.05, 0.1) is 0 Å². The second-order valence-electron chi connectivity index (χ2n) is 2.31. The zero-order valence-electron chi connectivity index (χ0n) is 5.47. The molecule has 0 bridgehead atoms. The Morgan fingerprint density at radius 3 is 2.78 bits per heavy atom. The molecule has 0 aromatic carbocycles. The summed E-state index contributed by atoms with van der Waals surface area (Å²) in [6.45, 7) is 1.47. The normalized spacial score (nSPS) is 25.7. The molecule has 0 aromatic heterocycles. The van der Waals surface area contributed by atoms with Gasteiger partial charge in [-0.05, 0) is 25.8 Å². The molecule has 0 aromatic rings. The Morgan fingerprint density at radius 2 is 2.33 bits per heavy atom. The van der Waals surface area contributed by atoms with Crippen molar-refractivity contribution in [1.82, 2.24) is 5.32 Å². The van der Waals surface area contributed by atoms with Gasteiger partial charge in [0.25, 0.3) is 0 Å². The number of aliphatic hydroxyl groups is 1. The van der Waals surface area contributed by atoms with Gasteiger partial charge in [0.1, 0.15) is 0 Å². The van der Waals surface area contributed by atoms with Crippen molar-refractivity contribution in [2.75, 3.05) is 13.2 Å². The van der Waals surface area contributed by atoms with Gasteiger partial charge in [0, 0.05) is 12.6 Å². The highest BCUT2D eigenvalue weighted by molar-refractivity contribution is 5.85. The lowest BCUT2D eigenvalue weighted by atomic mass is 10.2. The van der Waals surface area contributed by atoms with Crippen LogP contribution in [0.5, 0.6) is 0 Å². The highest BCUT2D eigenvalue weighted by Gasteiger charge is 2.11. The van der Waals surface area contributed by atoms with Crippen molar-refractivity contribution in [3.8, 4) is 0 Å². The first-order valence-electron chi connectivity index (χ1n) is 3.27. The minimum absolute atomic E-state index is 0. The third-order valence-electron chi connectivity index (χ3n) is 1.64. The van der Waals surface area contributed by atoms with Gasteiger partial charge in [-0.25, -0.2) is 0 Å². The Bertz CT molecular complexity index is 64.1. The van der Waals surface area contributed by atoms with Crippen LogP contribution in [0, 0.1) is 0 Å². The lowest BCUT2D eigenvalue weighted by Crippen LogP contribution is -2.21. The highest BCUT2D eigenvalue weighted by atomic mass is 35.5. The second kappa shape index (κ2) is 5.03. The first-order chi connectivity index (χ1) is 3.93. The Morgan fingerprint density at radius 1 is 1.56 bits per heavy atom. The Kier molecular flexibility index (Phi) is 5.15. The van der Waals surface area contributed by atoms with Crippen LogP contribution in [0.4, 0.5) is 0 Å². The smallest absolute Gasteiger partial charge is 0.0445 e. The molecular weight excluding hydrogens is 138 g/mol. The van der Waals surface area contributed by atoms with Crippen molar-refractivity contribution in [2.24, 2.45) is 0 Å². The van der Waals surface area contributed by atoms with Gasteiger partial charge in [-0.2, -0.15) is 0 Å². The number of hydrogen-bond donors (Lipinski definition) is 2. The molecule has 2 N–H and O–H groups in total. The van der Waals surface area contributed by atoms with Crippen LogP contribution in [-0.4, -0.2) is 24.3 Å². The van der Waals surface area contributed by atoms with Crippen LogP contribution in [-0.2, 0) is 0 Å². The number of rotatable bonds is 2. The molecule has 9 heavy (non-hydrogen) atoms. The summed E-state index contributed by atoms with van der Waals surface area (Å²) in [5.41, 5.74) is 0. The van der Waals surface area contributed by atoms with Gasteiger partial charge >= 0.3 is 0 Å². The Balaban J connectivity index is 0.000000640. The fourth-order valence-electron chi connectivity index (χ4n) is 1.16. The first-order valence-corrected chi connectivity index (χ1v) is 3.27. The van der Waals surface area contributed by atoms with Crippen molar-refractivity contribution in [3.05, 3.63) is 0 Å². The monoisotopic (exact) mass is 151 g/mol. The van der Waals surface area contributed by atoms with Gasteiger partial charge in [-0.3, -0.25) is 0 Å². The third kappa shape index (κ3) is 3.04. The molecule has 3 heteroatoms. The summed E-state index contributed by atoms with van der Waals surface area (Å²) in [5, 5.41) is 11.8. The van der Waals surface area contributed by atoms with Crippen molar-refractivity contribution in [1.29, 1.82) is 0 Å². The number of aliphatic hydroxyl groups excluding tert-OH is 1. The van der Waals surface area contributed by atoms with E-state index in [4.69, 9.17) is 5.11 Å². The molecule has 1 aliphatic heterocycles. The van der Waals surface area contributed by atoms with Gasteiger partial charge in [0.2, 0.25) is 0 Å². The van der Waals surface area contributed by atoms with Gasteiger partial charge in [0.15, 0.2) is 0 Å². The molecule has 1 atom stereocenters. The van der Waals surface area contributed by atoms with Crippen LogP contribution >= 0.6 is 12.4 Å². The molecule has 0 aliphatic carbocycles. The summed E-state index contributed by atoms with van der Waals surface area (Å²) >= 11 is 0. The summed E-state index contributed by atoms with van der Waals surface area (Å²) in [7, 11) is 0. The maximum Gasteiger partial charge on any atom is 0.0445 e. The summed E-state index contributed by atoms with van der Waals surface area (Å²) in [6.07, 6.45) is 3.46. The number of nitrogens with one attached hydrogen (secondary N) is 1. The average molecular weight is 152 g/mol. The zero-order valence-corrected chi connectivity index (χ0v) is 6.28. The summed E-state index contributed by atoms with van der Waals surface area (Å²) < 4.78 is 0. The average Bonchev–Trinajstić information content (AvgIpc) is 2.19. The minimum Gasteiger partial charge on any atom is -0.396 e. The SMILES string of the molecule is Cl.OCC[C@H]1CCCN1. The maximum atomic E-state index is 8.49. The molecule has 1 saturated heterocycles. The number of halogens is 1. The molecule has 1 heterocycles. The molecule has 0 amide bonds. The van der Waals surface area contributed by atoms with E-state index in [1.165, 1.54) is 12.8 Å². The fraction of sp³-hybridized carbons (Fsp3) is 1.00. The number of hydrogen-bond acceptors (Lipinski definition) is 2. The van der Waals surface area contributed by atoms with Gasteiger partial charge < -0.3 is 10.4 Å². The van der Waals surface area contributed by atoms with E-state index in [1.54, 1.807) is 0 Å². The lowest BCUT2D eigenvalue weighted by Gasteiger charge is -2.04. The molecule has 0 radical (unpaired) electrons. The van der Waals surface area contributed by atoms with Crippen LogP contribution in [0.15, 0.2) is 0 Å². The topological polar surface area (TPSA) is 32.3 Å². The molecule has 56 valence electrons. The van der Waals surface area contributed by atoms with Gasteiger partial charge in [-0.15, -0.1) is 12.4 Å². The predicted octanol–water partition coefficient (Wildman–Crippen LogP) is 0.543. The van der Waals surface area contributed by atoms with Crippen LogP contribution in [0.25, 0.3) is 0 Å². The van der Waals surface area contributed by atoms with E-state index in [-0.39, 0.29) is 12.4 Å². The molecule has 0 saturated carbocycles. The van der Waals surface area contributed by atoms with Crippen molar-refractivity contribution in [3.63, 3.8) is 0 Å². The first kappa shape index (κ1) is 9.21. The molecule has 2 nitrogen and oxygen atoms in total. The standard InChI is InChI=1S/C6H13NO.ClH/c8-5-3-6-2-1-4-7-6;/h6-8H,1-5H2;1H/t6-;/m1./s1. The molecule has 1 aliphatic rings. The second-order valence-corrected chi connectivity index (χ2v) is 2.31. The summed E-state index contributed by atoms with van der Waals surface area (Å²) in [4.78, 5) is 0. The van der Waals surface area contributed by atoms with Crippen molar-refractivity contribution >= 4 is 12.4 Å². The molecule has 0 unspecified atom stereocenters. The Hall–Kier alpha value is 0.210. The van der Waals surface area contributed by atoms with E-state index in [9.17, 15) is 0 Å². The Labute approximate surface area is 62.1 Å². The fourth-order valence-corrected chi connectivity index (χ4v) is 1.16. The lowest BCUT2D eigenvalue weighted by molar-refractivity contribution is 0.271. The van der Waals surface area contributed by atoms with Crippen LogP contribution in [0.1, 0.15) is 19.3 Å². The molecular formula is C6H14ClNO. The minimum atomic E-state index is 0. The van der Waals surface area contributed by atoms with Gasteiger partial charge in [-0.1, -0.05) is 0 Å². The van der Waals surface area contributed by atoms with Crippen LogP contribution in [0.2, 0.25) is 0 Å².